The zero-order chi connectivity index (χ0) is 19.6. The van der Waals surface area contributed by atoms with Gasteiger partial charge in [0.05, 0.1) is 10.7 Å². The minimum absolute atomic E-state index is 0.142. The second-order valence-corrected chi connectivity index (χ2v) is 8.97. The summed E-state index contributed by atoms with van der Waals surface area (Å²) in [6.07, 6.45) is 0.676. The average Bonchev–Trinajstić information content (AvgIpc) is 2.64. The molecule has 0 atom stereocenters. The van der Waals surface area contributed by atoms with E-state index in [2.05, 4.69) is 5.32 Å². The Balaban J connectivity index is 1.65. The van der Waals surface area contributed by atoms with Gasteiger partial charge in [-0.1, -0.05) is 35.3 Å². The maximum Gasteiger partial charge on any atom is 0.245 e. The number of piperidine rings is 1. The van der Waals surface area contributed by atoms with Crippen LogP contribution in [0, 0.1) is 11.7 Å². The largest absolute Gasteiger partial charge is 0.325 e. The fourth-order valence-corrected chi connectivity index (χ4v) is 4.97. The number of nitrogens with zero attached hydrogens (tertiary/aromatic N) is 1. The number of carbonyl (C=O) groups is 1. The Bertz CT molecular complexity index is 961. The summed E-state index contributed by atoms with van der Waals surface area (Å²) in [4.78, 5) is 12.1. The van der Waals surface area contributed by atoms with Crippen molar-refractivity contribution in [1.82, 2.24) is 4.31 Å². The highest BCUT2D eigenvalue weighted by Crippen LogP contribution is 2.29. The summed E-state index contributed by atoms with van der Waals surface area (Å²) in [5.74, 6) is -1.37. The van der Waals surface area contributed by atoms with Crippen molar-refractivity contribution in [2.24, 2.45) is 5.92 Å². The predicted octanol–water partition coefficient (Wildman–Crippen LogP) is 4.17. The maximum atomic E-state index is 13.9. The second kappa shape index (κ2) is 8.14. The van der Waals surface area contributed by atoms with Crippen molar-refractivity contribution in [2.45, 2.75) is 17.7 Å². The summed E-state index contributed by atoms with van der Waals surface area (Å²) in [5, 5.41) is 3.54. The van der Waals surface area contributed by atoms with Gasteiger partial charge >= 0.3 is 0 Å². The van der Waals surface area contributed by atoms with Gasteiger partial charge in [-0.2, -0.15) is 4.31 Å². The van der Waals surface area contributed by atoms with E-state index in [1.54, 1.807) is 12.1 Å². The van der Waals surface area contributed by atoms with Crippen LogP contribution in [0.15, 0.2) is 47.4 Å². The Hall–Kier alpha value is -1.67. The van der Waals surface area contributed by atoms with Gasteiger partial charge in [-0.25, -0.2) is 12.8 Å². The quantitative estimate of drug-likeness (QED) is 0.790. The van der Waals surface area contributed by atoms with Gasteiger partial charge in [-0.05, 0) is 43.2 Å². The molecule has 0 unspecified atom stereocenters. The first-order valence-electron chi connectivity index (χ1n) is 8.29. The number of nitrogens with one attached hydrogen (secondary N) is 1. The molecule has 5 nitrogen and oxygen atoms in total. The molecule has 1 aliphatic heterocycles. The fraction of sp³-hybridized carbons (Fsp3) is 0.278. The molecule has 0 spiro atoms. The number of anilines is 1. The first-order chi connectivity index (χ1) is 12.8. The summed E-state index contributed by atoms with van der Waals surface area (Å²) in [6.45, 7) is 0.284. The molecule has 1 saturated heterocycles. The lowest BCUT2D eigenvalue weighted by molar-refractivity contribution is -0.120. The summed E-state index contributed by atoms with van der Waals surface area (Å²) in [7, 11) is -3.92. The molecule has 1 amide bonds. The molecule has 2 aromatic carbocycles. The number of hydrogen-bond donors (Lipinski definition) is 1. The van der Waals surface area contributed by atoms with Crippen molar-refractivity contribution in [3.63, 3.8) is 0 Å². The molecule has 0 radical (unpaired) electrons. The van der Waals surface area contributed by atoms with Gasteiger partial charge in [0, 0.05) is 24.0 Å². The summed E-state index contributed by atoms with van der Waals surface area (Å²) in [5.41, 5.74) is 0.451. The third kappa shape index (κ3) is 4.43. The molecule has 1 fully saturated rings. The van der Waals surface area contributed by atoms with Crippen molar-refractivity contribution >= 4 is 44.8 Å². The van der Waals surface area contributed by atoms with Gasteiger partial charge in [-0.3, -0.25) is 4.79 Å². The maximum absolute atomic E-state index is 13.9. The van der Waals surface area contributed by atoms with E-state index in [0.717, 1.165) is 6.07 Å². The van der Waals surface area contributed by atoms with E-state index in [4.69, 9.17) is 23.2 Å². The van der Waals surface area contributed by atoms with E-state index < -0.39 is 15.8 Å². The smallest absolute Gasteiger partial charge is 0.245 e. The molecule has 3 rings (SSSR count). The molecule has 0 saturated carbocycles. The third-order valence-corrected chi connectivity index (χ3v) is 6.95. The van der Waals surface area contributed by atoms with Crippen LogP contribution in [0.25, 0.3) is 0 Å². The second-order valence-electron chi connectivity index (χ2n) is 6.22. The van der Waals surface area contributed by atoms with E-state index in [9.17, 15) is 17.6 Å². The minimum Gasteiger partial charge on any atom is -0.325 e. The number of carbonyl (C=O) groups excluding carboxylic acids is 1. The highest BCUT2D eigenvalue weighted by Gasteiger charge is 2.33. The molecular weight excluding hydrogens is 414 g/mol. The zero-order valence-corrected chi connectivity index (χ0v) is 16.5. The van der Waals surface area contributed by atoms with Crippen LogP contribution in [-0.2, 0) is 14.8 Å². The highest BCUT2D eigenvalue weighted by molar-refractivity contribution is 7.89. The molecule has 27 heavy (non-hydrogen) atoms. The van der Waals surface area contributed by atoms with Crippen LogP contribution >= 0.6 is 23.2 Å². The molecule has 2 aromatic rings. The van der Waals surface area contributed by atoms with Gasteiger partial charge in [-0.15, -0.1) is 0 Å². The normalized spacial score (nSPS) is 16.3. The van der Waals surface area contributed by atoms with Gasteiger partial charge < -0.3 is 5.32 Å². The number of benzene rings is 2. The number of amides is 1. The van der Waals surface area contributed by atoms with Crippen LogP contribution in [0.5, 0.6) is 0 Å². The monoisotopic (exact) mass is 430 g/mol. The SMILES string of the molecule is O=C(Nc1ccc(Cl)cc1Cl)C1CCN(S(=O)(=O)c2ccccc2F)CC1. The molecule has 1 aliphatic rings. The van der Waals surface area contributed by atoms with Gasteiger partial charge in [0.1, 0.15) is 10.7 Å². The summed E-state index contributed by atoms with van der Waals surface area (Å²) >= 11 is 11.9. The lowest BCUT2D eigenvalue weighted by Gasteiger charge is -2.30. The van der Waals surface area contributed by atoms with Crippen molar-refractivity contribution in [2.75, 3.05) is 18.4 Å². The van der Waals surface area contributed by atoms with Gasteiger partial charge in [0.2, 0.25) is 15.9 Å². The topological polar surface area (TPSA) is 66.5 Å². The first kappa shape index (κ1) is 20.1. The zero-order valence-electron chi connectivity index (χ0n) is 14.2. The number of sulfonamides is 1. The van der Waals surface area contributed by atoms with E-state index in [1.807, 2.05) is 0 Å². The summed E-state index contributed by atoms with van der Waals surface area (Å²) < 4.78 is 40.3. The van der Waals surface area contributed by atoms with Crippen LogP contribution in [0.3, 0.4) is 0 Å². The van der Waals surface area contributed by atoms with Crippen LogP contribution in [-0.4, -0.2) is 31.7 Å². The Morgan fingerprint density at radius 3 is 2.41 bits per heavy atom. The molecule has 1 heterocycles. The van der Waals surface area contributed by atoms with Crippen molar-refractivity contribution in [3.8, 4) is 0 Å². The summed E-state index contributed by atoms with van der Waals surface area (Å²) in [6, 6.07) is 10.0. The van der Waals surface area contributed by atoms with Gasteiger partial charge in [0.15, 0.2) is 0 Å². The molecular formula is C18H17Cl2FN2O3S. The lowest BCUT2D eigenvalue weighted by Crippen LogP contribution is -2.41. The predicted molar refractivity (Wildman–Crippen MR) is 103 cm³/mol. The lowest BCUT2D eigenvalue weighted by atomic mass is 9.97. The minimum atomic E-state index is -3.92. The van der Waals surface area contributed by atoms with Crippen LogP contribution in [0.2, 0.25) is 10.0 Å². The Morgan fingerprint density at radius 2 is 1.78 bits per heavy atom. The third-order valence-electron chi connectivity index (χ3n) is 4.47. The van der Waals surface area contributed by atoms with Crippen LogP contribution < -0.4 is 5.32 Å². The van der Waals surface area contributed by atoms with Crippen molar-refractivity contribution < 1.29 is 17.6 Å². The van der Waals surface area contributed by atoms with E-state index >= 15 is 0 Å². The Kier molecular flexibility index (Phi) is 6.05. The van der Waals surface area contributed by atoms with Crippen molar-refractivity contribution in [3.05, 3.63) is 58.3 Å². The highest BCUT2D eigenvalue weighted by atomic mass is 35.5. The van der Waals surface area contributed by atoms with E-state index in [1.165, 1.54) is 28.6 Å². The van der Waals surface area contributed by atoms with Gasteiger partial charge in [0.25, 0.3) is 0 Å². The standard InChI is InChI=1S/C18H17Cl2FN2O3S/c19-13-5-6-16(14(20)11-13)22-18(24)12-7-9-23(10-8-12)27(25,26)17-4-2-1-3-15(17)21/h1-6,11-12H,7-10H2,(H,22,24). The van der Waals surface area contributed by atoms with Crippen LogP contribution in [0.4, 0.5) is 10.1 Å². The molecule has 0 aliphatic carbocycles. The van der Waals surface area contributed by atoms with Crippen molar-refractivity contribution in [1.29, 1.82) is 0 Å². The van der Waals surface area contributed by atoms with E-state index in [-0.39, 0.29) is 29.8 Å². The Morgan fingerprint density at radius 1 is 1.11 bits per heavy atom. The molecule has 9 heteroatoms. The van der Waals surface area contributed by atoms with E-state index in [0.29, 0.717) is 28.6 Å². The van der Waals surface area contributed by atoms with Crippen LogP contribution in [0.1, 0.15) is 12.8 Å². The molecule has 0 aromatic heterocycles. The average molecular weight is 431 g/mol. The molecule has 144 valence electrons. The number of hydrogen-bond acceptors (Lipinski definition) is 3. The first-order valence-corrected chi connectivity index (χ1v) is 10.5. The fourth-order valence-electron chi connectivity index (χ4n) is 2.98. The number of rotatable bonds is 4. The molecule has 1 N–H and O–H groups in total. The molecule has 0 bridgehead atoms. The Labute approximate surface area is 167 Å². The number of halogens is 3.